The summed E-state index contributed by atoms with van der Waals surface area (Å²) in [5, 5.41) is 6.08. The zero-order chi connectivity index (χ0) is 20.1. The molecule has 0 aliphatic heterocycles. The lowest BCUT2D eigenvalue weighted by Crippen LogP contribution is -2.39. The fourth-order valence-corrected chi connectivity index (χ4v) is 3.73. The zero-order valence-corrected chi connectivity index (χ0v) is 16.5. The molecule has 0 unspecified atom stereocenters. The average molecular weight is 395 g/mol. The van der Waals surface area contributed by atoms with Crippen LogP contribution in [-0.2, 0) is 14.8 Å². The first-order chi connectivity index (χ1) is 13.3. The number of hydrogen-bond acceptors (Lipinski definition) is 4. The number of rotatable bonds is 6. The maximum absolute atomic E-state index is 12.3. The number of hydrogen-bond donors (Lipinski definition) is 1. The number of nitrogens with zero attached hydrogens (tertiary/aromatic N) is 2. The molecule has 0 aliphatic rings. The lowest BCUT2D eigenvalue weighted by Gasteiger charge is -2.21. The lowest BCUT2D eigenvalue weighted by atomic mass is 10.1. The predicted molar refractivity (Wildman–Crippen MR) is 113 cm³/mol. The average Bonchev–Trinajstić information content (AvgIpc) is 2.65. The fourth-order valence-electron chi connectivity index (χ4n) is 2.89. The Bertz CT molecular complexity index is 1140. The molecule has 3 rings (SSSR count). The molecule has 0 aromatic heterocycles. The molecule has 7 heteroatoms. The molecule has 3 aromatic carbocycles. The molecule has 6 nitrogen and oxygen atoms in total. The van der Waals surface area contributed by atoms with Crippen LogP contribution in [0.4, 0.5) is 5.69 Å². The molecule has 1 N–H and O–H groups in total. The van der Waals surface area contributed by atoms with Crippen molar-refractivity contribution in [3.8, 4) is 0 Å². The first-order valence-corrected chi connectivity index (χ1v) is 10.5. The van der Waals surface area contributed by atoms with Crippen molar-refractivity contribution in [3.63, 3.8) is 0 Å². The van der Waals surface area contributed by atoms with E-state index < -0.39 is 15.9 Å². The Morgan fingerprint density at radius 3 is 2.54 bits per heavy atom. The summed E-state index contributed by atoms with van der Waals surface area (Å²) >= 11 is 0. The van der Waals surface area contributed by atoms with E-state index in [-0.39, 0.29) is 6.54 Å². The van der Waals surface area contributed by atoms with Crippen molar-refractivity contribution < 1.29 is 13.2 Å². The molecule has 0 bridgehead atoms. The summed E-state index contributed by atoms with van der Waals surface area (Å²) in [5.41, 5.74) is 4.61. The first kappa shape index (κ1) is 19.6. The van der Waals surface area contributed by atoms with Crippen LogP contribution < -0.4 is 9.73 Å². The Morgan fingerprint density at radius 1 is 1.07 bits per heavy atom. The normalized spacial score (nSPS) is 11.6. The number of carbonyl (C=O) groups excluding carboxylic acids is 1. The van der Waals surface area contributed by atoms with Gasteiger partial charge in [0.15, 0.2) is 0 Å². The molecule has 0 saturated carbocycles. The quantitative estimate of drug-likeness (QED) is 0.515. The van der Waals surface area contributed by atoms with Gasteiger partial charge in [0.25, 0.3) is 5.91 Å². The molecule has 0 spiro atoms. The second-order valence-electron chi connectivity index (χ2n) is 6.47. The van der Waals surface area contributed by atoms with E-state index in [1.807, 2.05) is 55.5 Å². The smallest absolute Gasteiger partial charge is 0.260 e. The number of amides is 1. The molecule has 144 valence electrons. The Hall–Kier alpha value is -3.19. The number of fused-ring (bicyclic) bond motifs is 1. The maximum Gasteiger partial charge on any atom is 0.260 e. The van der Waals surface area contributed by atoms with E-state index in [2.05, 4.69) is 10.5 Å². The number of carbonyl (C=O) groups is 1. The Morgan fingerprint density at radius 2 is 1.79 bits per heavy atom. The number of nitrogens with one attached hydrogen (secondary N) is 1. The van der Waals surface area contributed by atoms with Gasteiger partial charge >= 0.3 is 0 Å². The molecule has 0 radical (unpaired) electrons. The van der Waals surface area contributed by atoms with E-state index in [1.165, 1.54) is 0 Å². The molecular formula is C21H21N3O3S. The van der Waals surface area contributed by atoms with E-state index in [4.69, 9.17) is 0 Å². The van der Waals surface area contributed by atoms with Crippen LogP contribution in [-0.4, -0.2) is 33.3 Å². The van der Waals surface area contributed by atoms with Crippen LogP contribution in [0.15, 0.2) is 71.8 Å². The van der Waals surface area contributed by atoms with Crippen molar-refractivity contribution in [2.75, 3.05) is 17.1 Å². The molecule has 0 heterocycles. The molecule has 0 fully saturated rings. The van der Waals surface area contributed by atoms with Crippen LogP contribution >= 0.6 is 0 Å². The highest BCUT2D eigenvalue weighted by Gasteiger charge is 2.20. The Kier molecular flexibility index (Phi) is 5.75. The number of sulfonamides is 1. The van der Waals surface area contributed by atoms with Gasteiger partial charge in [-0.15, -0.1) is 0 Å². The van der Waals surface area contributed by atoms with Gasteiger partial charge in [-0.05, 0) is 35.4 Å². The minimum absolute atomic E-state index is 0.352. The van der Waals surface area contributed by atoms with Crippen LogP contribution in [0.1, 0.15) is 11.1 Å². The van der Waals surface area contributed by atoms with Gasteiger partial charge in [-0.1, -0.05) is 54.6 Å². The zero-order valence-electron chi connectivity index (χ0n) is 15.7. The largest absolute Gasteiger partial charge is 0.271 e. The SMILES string of the molecule is Cc1cccc(N(CC(=O)N/N=C\c2cccc3ccccc23)S(C)(=O)=O)c1. The van der Waals surface area contributed by atoms with E-state index in [1.54, 1.807) is 24.4 Å². The number of aryl methyl sites for hydroxylation is 1. The van der Waals surface area contributed by atoms with Crippen molar-refractivity contribution in [2.24, 2.45) is 5.10 Å². The third-order valence-electron chi connectivity index (χ3n) is 4.19. The van der Waals surface area contributed by atoms with E-state index >= 15 is 0 Å². The Labute approximate surface area is 164 Å². The summed E-state index contributed by atoms with van der Waals surface area (Å²) < 4.78 is 25.3. The summed E-state index contributed by atoms with van der Waals surface area (Å²) in [6.07, 6.45) is 2.62. The summed E-state index contributed by atoms with van der Waals surface area (Å²) in [6, 6.07) is 20.6. The minimum atomic E-state index is -3.62. The van der Waals surface area contributed by atoms with Crippen LogP contribution in [0, 0.1) is 6.92 Å². The number of benzene rings is 3. The second kappa shape index (κ2) is 8.22. The van der Waals surface area contributed by atoms with E-state index in [0.29, 0.717) is 5.69 Å². The van der Waals surface area contributed by atoms with Crippen LogP contribution in [0.5, 0.6) is 0 Å². The van der Waals surface area contributed by atoms with E-state index in [9.17, 15) is 13.2 Å². The molecule has 0 saturated heterocycles. The molecule has 0 aliphatic carbocycles. The lowest BCUT2D eigenvalue weighted by molar-refractivity contribution is -0.119. The van der Waals surface area contributed by atoms with Gasteiger partial charge in [-0.3, -0.25) is 9.10 Å². The van der Waals surface area contributed by atoms with Crippen LogP contribution in [0.25, 0.3) is 10.8 Å². The molecular weight excluding hydrogens is 374 g/mol. The van der Waals surface area contributed by atoms with Gasteiger partial charge in [-0.2, -0.15) is 5.10 Å². The molecule has 0 atom stereocenters. The van der Waals surface area contributed by atoms with Gasteiger partial charge in [0, 0.05) is 5.56 Å². The molecule has 28 heavy (non-hydrogen) atoms. The summed E-state index contributed by atoms with van der Waals surface area (Å²) in [7, 11) is -3.62. The monoisotopic (exact) mass is 395 g/mol. The summed E-state index contributed by atoms with van der Waals surface area (Å²) in [4.78, 5) is 12.3. The van der Waals surface area contributed by atoms with Crippen LogP contribution in [0.3, 0.4) is 0 Å². The molecule has 3 aromatic rings. The van der Waals surface area contributed by atoms with Crippen molar-refractivity contribution in [1.29, 1.82) is 0 Å². The van der Waals surface area contributed by atoms with Crippen molar-refractivity contribution >= 4 is 38.6 Å². The van der Waals surface area contributed by atoms with Gasteiger partial charge in [-0.25, -0.2) is 13.8 Å². The summed E-state index contributed by atoms with van der Waals surface area (Å²) in [5.74, 6) is -0.525. The maximum atomic E-state index is 12.3. The minimum Gasteiger partial charge on any atom is -0.271 e. The van der Waals surface area contributed by atoms with Gasteiger partial charge in [0.1, 0.15) is 6.54 Å². The standard InChI is InChI=1S/C21H21N3O3S/c1-16-7-5-11-19(13-16)24(28(2,26)27)15-21(25)23-22-14-18-10-6-9-17-8-3-4-12-20(17)18/h3-14H,15H2,1-2H3,(H,23,25)/b22-14-. The fraction of sp³-hybridized carbons (Fsp3) is 0.143. The van der Waals surface area contributed by atoms with Crippen LogP contribution in [0.2, 0.25) is 0 Å². The second-order valence-corrected chi connectivity index (χ2v) is 8.38. The van der Waals surface area contributed by atoms with Crippen molar-refractivity contribution in [1.82, 2.24) is 5.43 Å². The highest BCUT2D eigenvalue weighted by Crippen LogP contribution is 2.19. The topological polar surface area (TPSA) is 78.8 Å². The van der Waals surface area contributed by atoms with Gasteiger partial charge in [0.2, 0.25) is 10.0 Å². The third-order valence-corrected chi connectivity index (χ3v) is 5.33. The van der Waals surface area contributed by atoms with Crippen molar-refractivity contribution in [3.05, 3.63) is 77.9 Å². The highest BCUT2D eigenvalue weighted by atomic mass is 32.2. The first-order valence-electron chi connectivity index (χ1n) is 8.68. The van der Waals surface area contributed by atoms with Gasteiger partial charge < -0.3 is 0 Å². The Balaban J connectivity index is 1.74. The number of hydrazone groups is 1. The molecule has 1 amide bonds. The highest BCUT2D eigenvalue weighted by molar-refractivity contribution is 7.92. The summed E-state index contributed by atoms with van der Waals surface area (Å²) in [6.45, 7) is 1.51. The van der Waals surface area contributed by atoms with Gasteiger partial charge in [0.05, 0.1) is 18.2 Å². The van der Waals surface area contributed by atoms with Crippen molar-refractivity contribution in [2.45, 2.75) is 6.92 Å². The third kappa shape index (κ3) is 4.75. The number of anilines is 1. The van der Waals surface area contributed by atoms with E-state index in [0.717, 1.165) is 32.5 Å². The predicted octanol–water partition coefficient (Wildman–Crippen LogP) is 3.06.